The van der Waals surface area contributed by atoms with Crippen LogP contribution >= 0.6 is 50.7 Å². The number of carbonyl (C=O) groups excluding carboxylic acids is 2. The van der Waals surface area contributed by atoms with Crippen molar-refractivity contribution in [1.82, 2.24) is 0 Å². The number of hydrogen-bond donors (Lipinski definition) is 1. The van der Waals surface area contributed by atoms with Crippen molar-refractivity contribution in [3.8, 4) is 5.75 Å². The Morgan fingerprint density at radius 2 is 1.73 bits per heavy atom. The molecule has 40 heavy (non-hydrogen) atoms. The number of allylic oxidation sites excluding steroid dienone is 1. The summed E-state index contributed by atoms with van der Waals surface area (Å²) in [6.07, 6.45) is -1.20. The number of nitrogens with one attached hydrogen (secondary N) is 1. The van der Waals surface area contributed by atoms with Gasteiger partial charge in [-0.3, -0.25) is 9.59 Å². The summed E-state index contributed by atoms with van der Waals surface area (Å²) in [5.41, 5.74) is 0.300. The van der Waals surface area contributed by atoms with Crippen LogP contribution in [0.5, 0.6) is 5.75 Å². The van der Waals surface area contributed by atoms with Gasteiger partial charge in [-0.1, -0.05) is 81.1 Å². The smallest absolute Gasteiger partial charge is 0.399 e. The highest BCUT2D eigenvalue weighted by Crippen LogP contribution is 2.51. The molecule has 3 aromatic carbocycles. The quantitative estimate of drug-likeness (QED) is 0.182. The topological polar surface area (TPSA) is 55.4 Å². The van der Waals surface area contributed by atoms with Gasteiger partial charge in [0.25, 0.3) is 0 Å². The number of Topliss-reactive ketones (excluding diaryl/α,β-unsaturated/α-hetero) is 1. The molecule has 1 saturated carbocycles. The van der Waals surface area contributed by atoms with E-state index in [4.69, 9.17) is 39.5 Å². The van der Waals surface area contributed by atoms with E-state index in [1.807, 2.05) is 0 Å². The molecule has 0 aliphatic heterocycles. The number of hydrogen-bond acceptors (Lipinski definition) is 3. The van der Waals surface area contributed by atoms with Gasteiger partial charge in [-0.15, -0.1) is 0 Å². The van der Waals surface area contributed by atoms with Crippen molar-refractivity contribution < 1.29 is 27.5 Å². The SMILES string of the molecule is COc1ccccc1NC(=O)C1(CC(=O)c2ccc(/C=C/C(c3cc(Cl)c(Cl)c(Cl)c3)C(F)(F)F)cc2Br)CC1. The molecule has 210 valence electrons. The Morgan fingerprint density at radius 1 is 1.07 bits per heavy atom. The third-order valence-electron chi connectivity index (χ3n) is 6.68. The molecule has 1 atom stereocenters. The van der Waals surface area contributed by atoms with Crippen LogP contribution in [-0.4, -0.2) is 25.0 Å². The van der Waals surface area contributed by atoms with Crippen LogP contribution in [0.1, 0.15) is 46.7 Å². The molecule has 4 rings (SSSR count). The molecule has 0 radical (unpaired) electrons. The first-order valence-corrected chi connectivity index (χ1v) is 13.9. The highest BCUT2D eigenvalue weighted by molar-refractivity contribution is 9.10. The average Bonchev–Trinajstić information content (AvgIpc) is 3.67. The molecule has 1 aliphatic rings. The Bertz CT molecular complexity index is 1470. The van der Waals surface area contributed by atoms with Gasteiger partial charge >= 0.3 is 6.18 Å². The maximum Gasteiger partial charge on any atom is 0.399 e. The zero-order chi connectivity index (χ0) is 29.2. The largest absolute Gasteiger partial charge is 0.495 e. The second-order valence-electron chi connectivity index (χ2n) is 9.45. The van der Waals surface area contributed by atoms with Crippen molar-refractivity contribution in [3.63, 3.8) is 0 Å². The van der Waals surface area contributed by atoms with Gasteiger partial charge < -0.3 is 10.1 Å². The molecule has 4 nitrogen and oxygen atoms in total. The number of amides is 1. The number of halogens is 7. The second kappa shape index (κ2) is 12.1. The van der Waals surface area contributed by atoms with E-state index in [1.165, 1.54) is 25.3 Å². The summed E-state index contributed by atoms with van der Waals surface area (Å²) in [4.78, 5) is 26.2. The van der Waals surface area contributed by atoms with Crippen molar-refractivity contribution in [2.75, 3.05) is 12.4 Å². The van der Waals surface area contributed by atoms with E-state index in [0.29, 0.717) is 39.9 Å². The Balaban J connectivity index is 1.49. The molecule has 11 heteroatoms. The summed E-state index contributed by atoms with van der Waals surface area (Å²) < 4.78 is 47.3. The first kappa shape index (κ1) is 30.4. The van der Waals surface area contributed by atoms with E-state index in [1.54, 1.807) is 30.3 Å². The number of anilines is 1. The molecule has 1 aliphatic carbocycles. The maximum atomic E-state index is 13.9. The lowest BCUT2D eigenvalue weighted by atomic mass is 9.93. The number of alkyl halides is 3. The zero-order valence-electron chi connectivity index (χ0n) is 20.9. The van der Waals surface area contributed by atoms with E-state index >= 15 is 0 Å². The molecule has 1 N–H and O–H groups in total. The van der Waals surface area contributed by atoms with Crippen LogP contribution in [0, 0.1) is 5.41 Å². The minimum atomic E-state index is -4.62. The third kappa shape index (κ3) is 6.85. The van der Waals surface area contributed by atoms with E-state index in [-0.39, 0.29) is 38.7 Å². The molecule has 0 bridgehead atoms. The van der Waals surface area contributed by atoms with Crippen molar-refractivity contribution in [1.29, 1.82) is 0 Å². The molecule has 0 spiro atoms. The van der Waals surface area contributed by atoms with Gasteiger partial charge in [-0.25, -0.2) is 0 Å². The molecule has 1 unspecified atom stereocenters. The predicted octanol–water partition coefficient (Wildman–Crippen LogP) is 9.77. The normalized spacial score (nSPS) is 15.1. The Kier molecular flexibility index (Phi) is 9.25. The van der Waals surface area contributed by atoms with Gasteiger partial charge in [0.1, 0.15) is 5.75 Å². The van der Waals surface area contributed by atoms with Crippen molar-refractivity contribution in [2.45, 2.75) is 31.4 Å². The van der Waals surface area contributed by atoms with Crippen molar-refractivity contribution in [2.24, 2.45) is 5.41 Å². The van der Waals surface area contributed by atoms with Crippen LogP contribution < -0.4 is 10.1 Å². The predicted molar refractivity (Wildman–Crippen MR) is 156 cm³/mol. The molecule has 3 aromatic rings. The zero-order valence-corrected chi connectivity index (χ0v) is 24.8. The van der Waals surface area contributed by atoms with E-state index in [9.17, 15) is 22.8 Å². The fraction of sp³-hybridized carbons (Fsp3) is 0.241. The molecular weight excluding hydrogens is 654 g/mol. The lowest BCUT2D eigenvalue weighted by Crippen LogP contribution is -2.27. The first-order valence-electron chi connectivity index (χ1n) is 12.0. The van der Waals surface area contributed by atoms with Crippen LogP contribution in [-0.2, 0) is 4.79 Å². The summed E-state index contributed by atoms with van der Waals surface area (Å²) in [6, 6.07) is 13.9. The maximum absolute atomic E-state index is 13.9. The molecule has 1 fully saturated rings. The van der Waals surface area contributed by atoms with Gasteiger partial charge in [0, 0.05) is 16.5 Å². The lowest BCUT2D eigenvalue weighted by molar-refractivity contribution is -0.139. The minimum Gasteiger partial charge on any atom is -0.495 e. The number of ketones is 1. The number of para-hydroxylation sites is 2. The minimum absolute atomic E-state index is 0.00397. The van der Waals surface area contributed by atoms with Crippen molar-refractivity contribution >= 4 is 74.2 Å². The highest BCUT2D eigenvalue weighted by Gasteiger charge is 2.51. The number of ether oxygens (including phenoxy) is 1. The number of benzene rings is 3. The molecule has 0 aromatic heterocycles. The second-order valence-corrected chi connectivity index (χ2v) is 11.5. The van der Waals surface area contributed by atoms with Gasteiger partial charge in [0.05, 0.1) is 39.2 Å². The Hall–Kier alpha value is -2.52. The fourth-order valence-electron chi connectivity index (χ4n) is 4.27. The Labute approximate surface area is 252 Å². The molecular formula is C29H22BrCl3F3NO3. The van der Waals surface area contributed by atoms with Gasteiger partial charge in [0.2, 0.25) is 5.91 Å². The van der Waals surface area contributed by atoms with E-state index < -0.39 is 17.5 Å². The number of rotatable bonds is 9. The lowest BCUT2D eigenvalue weighted by Gasteiger charge is -2.18. The monoisotopic (exact) mass is 673 g/mol. The number of methoxy groups -OCH3 is 1. The standard InChI is InChI=1S/C29H22BrCl3F3NO3/c1-40-25-5-3-2-4-23(25)37-27(39)28(10-11-28)15-24(38)18-8-6-16(12-20(18)30)7-9-19(29(34,35)36)17-13-21(31)26(33)22(32)14-17/h2-9,12-14,19H,10-11,15H2,1H3,(H,37,39)/b9-7+. The average molecular weight is 676 g/mol. The van der Waals surface area contributed by atoms with Crippen LogP contribution in [0.15, 0.2) is 65.1 Å². The van der Waals surface area contributed by atoms with Crippen LogP contribution in [0.4, 0.5) is 18.9 Å². The van der Waals surface area contributed by atoms with E-state index in [0.717, 1.165) is 18.2 Å². The number of carbonyl (C=O) groups is 2. The first-order chi connectivity index (χ1) is 18.8. The summed E-state index contributed by atoms with van der Waals surface area (Å²) in [7, 11) is 1.50. The van der Waals surface area contributed by atoms with Gasteiger partial charge in [0.15, 0.2) is 5.78 Å². The van der Waals surface area contributed by atoms with E-state index in [2.05, 4.69) is 21.2 Å². The molecule has 0 heterocycles. The van der Waals surface area contributed by atoms with Crippen LogP contribution in [0.25, 0.3) is 6.08 Å². The third-order valence-corrected chi connectivity index (χ3v) is 8.53. The summed E-state index contributed by atoms with van der Waals surface area (Å²) >= 11 is 21.1. The van der Waals surface area contributed by atoms with Gasteiger partial charge in [-0.2, -0.15) is 13.2 Å². The highest BCUT2D eigenvalue weighted by atomic mass is 79.9. The van der Waals surface area contributed by atoms with Gasteiger partial charge in [-0.05, 0) is 60.4 Å². The summed E-state index contributed by atoms with van der Waals surface area (Å²) in [5, 5.41) is 2.67. The van der Waals surface area contributed by atoms with Crippen LogP contribution in [0.2, 0.25) is 15.1 Å². The molecule has 1 amide bonds. The van der Waals surface area contributed by atoms with Crippen LogP contribution in [0.3, 0.4) is 0 Å². The summed E-state index contributed by atoms with van der Waals surface area (Å²) in [6.45, 7) is 0. The fourth-order valence-corrected chi connectivity index (χ4v) is 5.50. The molecule has 0 saturated heterocycles. The van der Waals surface area contributed by atoms with Crippen molar-refractivity contribution in [3.05, 3.63) is 96.9 Å². The Morgan fingerprint density at radius 3 is 2.30 bits per heavy atom. The summed E-state index contributed by atoms with van der Waals surface area (Å²) in [5.74, 6) is -1.99.